The molecule has 4 nitrogen and oxygen atoms in total. The van der Waals surface area contributed by atoms with Gasteiger partial charge < -0.3 is 15.4 Å². The van der Waals surface area contributed by atoms with Crippen LogP contribution in [0.1, 0.15) is 34.1 Å². The third-order valence-electron chi connectivity index (χ3n) is 2.75. The van der Waals surface area contributed by atoms with Gasteiger partial charge in [0, 0.05) is 19.3 Å². The maximum absolute atomic E-state index is 11.8. The van der Waals surface area contributed by atoms with E-state index in [0.717, 1.165) is 12.0 Å². The Labute approximate surface area is 123 Å². The van der Waals surface area contributed by atoms with E-state index in [0.29, 0.717) is 12.2 Å². The lowest BCUT2D eigenvalue weighted by atomic mass is 9.98. The van der Waals surface area contributed by atoms with E-state index in [4.69, 9.17) is 10.5 Å². The van der Waals surface area contributed by atoms with E-state index in [2.05, 4.69) is 20.1 Å². The predicted octanol–water partition coefficient (Wildman–Crippen LogP) is 3.46. The second-order valence-electron chi connectivity index (χ2n) is 6.07. The molecule has 1 amide bonds. The lowest BCUT2D eigenvalue weighted by Crippen LogP contribution is -2.35. The van der Waals surface area contributed by atoms with Gasteiger partial charge in [-0.3, -0.25) is 0 Å². The molecule has 0 aromatic heterocycles. The van der Waals surface area contributed by atoms with Crippen molar-refractivity contribution in [3.63, 3.8) is 0 Å². The lowest BCUT2D eigenvalue weighted by molar-refractivity contribution is 0.0293. The van der Waals surface area contributed by atoms with E-state index >= 15 is 0 Å². The van der Waals surface area contributed by atoms with Crippen molar-refractivity contribution in [2.24, 2.45) is 11.7 Å². The van der Waals surface area contributed by atoms with Gasteiger partial charge in [0.2, 0.25) is 0 Å². The Morgan fingerprint density at radius 1 is 1.35 bits per heavy atom. The van der Waals surface area contributed by atoms with Crippen molar-refractivity contribution < 1.29 is 9.53 Å². The molecule has 0 rings (SSSR count). The summed E-state index contributed by atoms with van der Waals surface area (Å²) in [7, 11) is 1.74. The molecule has 0 saturated carbocycles. The fourth-order valence-corrected chi connectivity index (χ4v) is 1.38. The Morgan fingerprint density at radius 2 is 1.90 bits per heavy atom. The fraction of sp³-hybridized carbons (Fsp3) is 0.562. The SMILES string of the molecule is C=C(N)/C=C\C(=C)C(C)CCN(C)C(=O)OC(C)(C)C. The van der Waals surface area contributed by atoms with Gasteiger partial charge in [0.25, 0.3) is 0 Å². The van der Waals surface area contributed by atoms with Gasteiger partial charge in [0.15, 0.2) is 0 Å². The van der Waals surface area contributed by atoms with Crippen molar-refractivity contribution in [1.29, 1.82) is 0 Å². The number of ether oxygens (including phenoxy) is 1. The molecule has 0 aliphatic carbocycles. The van der Waals surface area contributed by atoms with Crippen LogP contribution in [-0.4, -0.2) is 30.2 Å². The summed E-state index contributed by atoms with van der Waals surface area (Å²) in [5, 5.41) is 0. The molecule has 0 radical (unpaired) electrons. The first-order valence-electron chi connectivity index (χ1n) is 6.78. The van der Waals surface area contributed by atoms with E-state index in [-0.39, 0.29) is 12.0 Å². The number of hydrogen-bond donors (Lipinski definition) is 1. The van der Waals surface area contributed by atoms with E-state index in [1.165, 1.54) is 0 Å². The summed E-state index contributed by atoms with van der Waals surface area (Å²) in [5.41, 5.74) is 6.47. The normalized spacial score (nSPS) is 13.1. The van der Waals surface area contributed by atoms with Gasteiger partial charge in [-0.25, -0.2) is 4.79 Å². The average molecular weight is 280 g/mol. The molecule has 1 atom stereocenters. The first-order valence-corrected chi connectivity index (χ1v) is 6.78. The summed E-state index contributed by atoms with van der Waals surface area (Å²) in [6.07, 6.45) is 4.11. The van der Waals surface area contributed by atoms with Crippen LogP contribution < -0.4 is 5.73 Å². The number of nitrogens with two attached hydrogens (primary N) is 1. The highest BCUT2D eigenvalue weighted by molar-refractivity contribution is 5.67. The predicted molar refractivity (Wildman–Crippen MR) is 84.3 cm³/mol. The summed E-state index contributed by atoms with van der Waals surface area (Å²) in [4.78, 5) is 13.4. The summed E-state index contributed by atoms with van der Waals surface area (Å²) in [6.45, 7) is 15.8. The molecule has 0 aromatic rings. The van der Waals surface area contributed by atoms with Gasteiger partial charge >= 0.3 is 6.09 Å². The van der Waals surface area contributed by atoms with Crippen LogP contribution in [0.15, 0.2) is 36.6 Å². The van der Waals surface area contributed by atoms with Gasteiger partial charge in [-0.15, -0.1) is 0 Å². The molecule has 0 bridgehead atoms. The molecule has 0 saturated heterocycles. The van der Waals surface area contributed by atoms with E-state index in [9.17, 15) is 4.79 Å². The number of allylic oxidation sites excluding steroid dienone is 3. The van der Waals surface area contributed by atoms with Crippen molar-refractivity contribution in [2.45, 2.75) is 39.7 Å². The maximum Gasteiger partial charge on any atom is 0.410 e. The molecule has 0 aliphatic heterocycles. The van der Waals surface area contributed by atoms with E-state index in [1.54, 1.807) is 18.0 Å². The van der Waals surface area contributed by atoms with Crippen molar-refractivity contribution in [3.05, 3.63) is 36.6 Å². The minimum Gasteiger partial charge on any atom is -0.444 e. The highest BCUT2D eigenvalue weighted by atomic mass is 16.6. The largest absolute Gasteiger partial charge is 0.444 e. The van der Waals surface area contributed by atoms with Crippen molar-refractivity contribution in [2.75, 3.05) is 13.6 Å². The number of amides is 1. The molecular weight excluding hydrogens is 252 g/mol. The van der Waals surface area contributed by atoms with Crippen molar-refractivity contribution >= 4 is 6.09 Å². The summed E-state index contributed by atoms with van der Waals surface area (Å²) in [6, 6.07) is 0. The molecule has 1 unspecified atom stereocenters. The van der Waals surface area contributed by atoms with Crippen LogP contribution in [0.25, 0.3) is 0 Å². The highest BCUT2D eigenvalue weighted by Gasteiger charge is 2.19. The standard InChI is InChI=1S/C16H28N2O2/c1-12(8-9-14(3)17)13(2)10-11-18(7)15(19)20-16(4,5)6/h8-9,13H,1,3,10-11,17H2,2,4-7H3/b9-8-. The Morgan fingerprint density at radius 3 is 2.35 bits per heavy atom. The fourth-order valence-electron chi connectivity index (χ4n) is 1.38. The maximum atomic E-state index is 11.8. The van der Waals surface area contributed by atoms with Gasteiger partial charge in [-0.1, -0.05) is 31.7 Å². The third-order valence-corrected chi connectivity index (χ3v) is 2.75. The first kappa shape index (κ1) is 18.3. The molecule has 0 spiro atoms. The Kier molecular flexibility index (Phi) is 7.11. The van der Waals surface area contributed by atoms with E-state index in [1.807, 2.05) is 26.8 Å². The Balaban J connectivity index is 4.24. The molecule has 0 aromatic carbocycles. The minimum absolute atomic E-state index is 0.260. The smallest absolute Gasteiger partial charge is 0.410 e. The molecule has 0 fully saturated rings. The number of rotatable bonds is 6. The van der Waals surface area contributed by atoms with Crippen molar-refractivity contribution in [1.82, 2.24) is 4.90 Å². The molecule has 0 heterocycles. The quantitative estimate of drug-likeness (QED) is 0.758. The molecule has 114 valence electrons. The number of hydrogen-bond acceptors (Lipinski definition) is 3. The topological polar surface area (TPSA) is 55.6 Å². The zero-order valence-corrected chi connectivity index (χ0v) is 13.4. The summed E-state index contributed by atoms with van der Waals surface area (Å²) < 4.78 is 5.29. The zero-order valence-electron chi connectivity index (χ0n) is 13.4. The van der Waals surface area contributed by atoms with Gasteiger partial charge in [0.1, 0.15) is 5.60 Å². The zero-order chi connectivity index (χ0) is 15.9. The minimum atomic E-state index is -0.467. The lowest BCUT2D eigenvalue weighted by Gasteiger charge is -2.25. The molecular formula is C16H28N2O2. The molecule has 20 heavy (non-hydrogen) atoms. The summed E-state index contributed by atoms with van der Waals surface area (Å²) in [5.74, 6) is 0.260. The van der Waals surface area contributed by atoms with Gasteiger partial charge in [-0.05, 0) is 39.2 Å². The molecule has 2 N–H and O–H groups in total. The van der Waals surface area contributed by atoms with Crippen LogP contribution >= 0.6 is 0 Å². The Bertz CT molecular complexity index is 392. The Hall–Kier alpha value is -1.71. The average Bonchev–Trinajstić information content (AvgIpc) is 2.30. The summed E-state index contributed by atoms with van der Waals surface area (Å²) >= 11 is 0. The monoisotopic (exact) mass is 280 g/mol. The van der Waals surface area contributed by atoms with Crippen LogP contribution in [0.5, 0.6) is 0 Å². The van der Waals surface area contributed by atoms with Crippen LogP contribution in [0.4, 0.5) is 4.79 Å². The second-order valence-corrected chi connectivity index (χ2v) is 6.07. The highest BCUT2D eigenvalue weighted by Crippen LogP contribution is 2.16. The first-order chi connectivity index (χ1) is 9.03. The van der Waals surface area contributed by atoms with Crippen LogP contribution in [0, 0.1) is 5.92 Å². The number of carbonyl (C=O) groups is 1. The number of carbonyl (C=O) groups excluding carboxylic acids is 1. The van der Waals surface area contributed by atoms with E-state index < -0.39 is 5.60 Å². The third kappa shape index (κ3) is 8.40. The van der Waals surface area contributed by atoms with Gasteiger partial charge in [-0.2, -0.15) is 0 Å². The number of nitrogens with zero attached hydrogens (tertiary/aromatic N) is 1. The van der Waals surface area contributed by atoms with Crippen LogP contribution in [0.2, 0.25) is 0 Å². The molecule has 0 aliphatic rings. The van der Waals surface area contributed by atoms with Gasteiger partial charge in [0.05, 0.1) is 0 Å². The van der Waals surface area contributed by atoms with Crippen LogP contribution in [-0.2, 0) is 4.74 Å². The van der Waals surface area contributed by atoms with Crippen LogP contribution in [0.3, 0.4) is 0 Å². The van der Waals surface area contributed by atoms with Crippen molar-refractivity contribution in [3.8, 4) is 0 Å². The molecule has 4 heteroatoms. The second kappa shape index (κ2) is 7.78.